The number of rotatable bonds is 4. The molecule has 0 saturated heterocycles. The van der Waals surface area contributed by atoms with Crippen LogP contribution in [0.2, 0.25) is 0 Å². The number of fused-ring (bicyclic) bond motifs is 1. The van der Waals surface area contributed by atoms with Crippen LogP contribution in [0.25, 0.3) is 0 Å². The highest BCUT2D eigenvalue weighted by Gasteiger charge is 2.43. The van der Waals surface area contributed by atoms with E-state index in [-0.39, 0.29) is 0 Å². The highest BCUT2D eigenvalue weighted by Crippen LogP contribution is 2.46. The lowest BCUT2D eigenvalue weighted by Gasteiger charge is -2.27. The Kier molecular flexibility index (Phi) is 4.53. The SMILES string of the molecule is Cc1c(CN(C)C2C[C@H]3CC(N(C)C)C[C@H]3C2)cc(C#N)n1C. The largest absolute Gasteiger partial charge is 0.340 e. The van der Waals surface area contributed by atoms with E-state index in [1.54, 1.807) is 0 Å². The molecule has 0 amide bonds. The number of hydrogen-bond donors (Lipinski definition) is 0. The first kappa shape index (κ1) is 16.5. The summed E-state index contributed by atoms with van der Waals surface area (Å²) < 4.78 is 2.01. The highest BCUT2D eigenvalue weighted by atomic mass is 15.1. The first-order valence-corrected chi connectivity index (χ1v) is 8.82. The van der Waals surface area contributed by atoms with Crippen LogP contribution in [0.5, 0.6) is 0 Å². The summed E-state index contributed by atoms with van der Waals surface area (Å²) in [4.78, 5) is 4.93. The van der Waals surface area contributed by atoms with Crippen molar-refractivity contribution in [2.45, 2.75) is 51.2 Å². The molecule has 0 aliphatic heterocycles. The maximum Gasteiger partial charge on any atom is 0.120 e. The van der Waals surface area contributed by atoms with Crippen molar-refractivity contribution in [3.63, 3.8) is 0 Å². The topological polar surface area (TPSA) is 35.2 Å². The van der Waals surface area contributed by atoms with Crippen molar-refractivity contribution in [2.24, 2.45) is 18.9 Å². The van der Waals surface area contributed by atoms with Crippen molar-refractivity contribution < 1.29 is 0 Å². The van der Waals surface area contributed by atoms with Gasteiger partial charge in [-0.2, -0.15) is 5.26 Å². The molecule has 23 heavy (non-hydrogen) atoms. The third-order valence-corrected chi connectivity index (χ3v) is 6.49. The second-order valence-corrected chi connectivity index (χ2v) is 7.96. The maximum atomic E-state index is 9.19. The molecule has 3 rings (SSSR count). The minimum absolute atomic E-state index is 0.707. The van der Waals surface area contributed by atoms with E-state index in [2.05, 4.69) is 50.0 Å². The lowest BCUT2D eigenvalue weighted by Crippen LogP contribution is -2.31. The Morgan fingerprint density at radius 1 is 1.13 bits per heavy atom. The van der Waals surface area contributed by atoms with Gasteiger partial charge in [0.2, 0.25) is 0 Å². The minimum atomic E-state index is 0.707. The van der Waals surface area contributed by atoms with Gasteiger partial charge in [0.15, 0.2) is 0 Å². The Morgan fingerprint density at radius 2 is 1.70 bits per heavy atom. The predicted octanol–water partition coefficient (Wildman–Crippen LogP) is 2.76. The molecule has 2 aliphatic rings. The zero-order valence-electron chi connectivity index (χ0n) is 15.2. The van der Waals surface area contributed by atoms with E-state index in [1.807, 2.05) is 11.6 Å². The molecule has 1 aromatic rings. The number of nitrogens with zero attached hydrogens (tertiary/aromatic N) is 4. The van der Waals surface area contributed by atoms with Crippen LogP contribution in [0, 0.1) is 30.1 Å². The van der Waals surface area contributed by atoms with Crippen molar-refractivity contribution in [2.75, 3.05) is 21.1 Å². The normalized spacial score (nSPS) is 30.2. The Bertz CT molecular complexity index is 596. The summed E-state index contributed by atoms with van der Waals surface area (Å²) >= 11 is 0. The molecule has 0 aromatic carbocycles. The monoisotopic (exact) mass is 314 g/mol. The fraction of sp³-hybridized carbons (Fsp3) is 0.737. The molecular weight excluding hydrogens is 284 g/mol. The standard InChI is InChI=1S/C19H30N4/c1-13-16(10-19(11-20)23(13)5)12-22(4)18-8-14-6-17(21(2)3)7-15(14)9-18/h10,14-15,17-18H,6-9,12H2,1-5H3/t14-,15+,17?,18?. The number of hydrogen-bond acceptors (Lipinski definition) is 3. The minimum Gasteiger partial charge on any atom is -0.340 e. The van der Waals surface area contributed by atoms with Gasteiger partial charge < -0.3 is 9.47 Å². The van der Waals surface area contributed by atoms with Gasteiger partial charge in [0, 0.05) is 31.4 Å². The summed E-state index contributed by atoms with van der Waals surface area (Å²) in [5.74, 6) is 1.84. The van der Waals surface area contributed by atoms with Gasteiger partial charge in [-0.1, -0.05) is 0 Å². The summed E-state index contributed by atoms with van der Waals surface area (Å²) in [5, 5.41) is 9.19. The zero-order chi connectivity index (χ0) is 16.7. The van der Waals surface area contributed by atoms with E-state index < -0.39 is 0 Å². The average molecular weight is 314 g/mol. The quantitative estimate of drug-likeness (QED) is 0.857. The van der Waals surface area contributed by atoms with E-state index in [0.717, 1.165) is 30.1 Å². The van der Waals surface area contributed by atoms with Crippen molar-refractivity contribution in [1.29, 1.82) is 5.26 Å². The van der Waals surface area contributed by atoms with E-state index in [0.29, 0.717) is 6.04 Å². The molecule has 4 atom stereocenters. The first-order valence-electron chi connectivity index (χ1n) is 8.82. The van der Waals surface area contributed by atoms with E-state index in [9.17, 15) is 5.26 Å². The van der Waals surface area contributed by atoms with Crippen LogP contribution >= 0.6 is 0 Å². The summed E-state index contributed by atoms with van der Waals surface area (Å²) in [7, 11) is 8.69. The molecule has 2 fully saturated rings. The van der Waals surface area contributed by atoms with Gasteiger partial charge in [0.25, 0.3) is 0 Å². The highest BCUT2D eigenvalue weighted by molar-refractivity contribution is 5.34. The predicted molar refractivity (Wildman–Crippen MR) is 93.0 cm³/mol. The molecular formula is C19H30N4. The fourth-order valence-corrected chi connectivity index (χ4v) is 4.76. The van der Waals surface area contributed by atoms with E-state index in [4.69, 9.17) is 0 Å². The van der Waals surface area contributed by atoms with E-state index in [1.165, 1.54) is 36.9 Å². The Morgan fingerprint density at radius 3 is 2.17 bits per heavy atom. The molecule has 2 unspecified atom stereocenters. The molecule has 0 spiro atoms. The second-order valence-electron chi connectivity index (χ2n) is 7.96. The number of nitriles is 1. The smallest absolute Gasteiger partial charge is 0.120 e. The molecule has 4 nitrogen and oxygen atoms in total. The van der Waals surface area contributed by atoms with Gasteiger partial charge in [-0.05, 0) is 77.2 Å². The van der Waals surface area contributed by atoms with Crippen LogP contribution in [-0.2, 0) is 13.6 Å². The van der Waals surface area contributed by atoms with E-state index >= 15 is 0 Å². The van der Waals surface area contributed by atoms with Crippen LogP contribution in [0.3, 0.4) is 0 Å². The first-order chi connectivity index (χ1) is 10.9. The van der Waals surface area contributed by atoms with Crippen LogP contribution in [-0.4, -0.2) is 47.6 Å². The lowest BCUT2D eigenvalue weighted by atomic mass is 10.0. The van der Waals surface area contributed by atoms with Crippen molar-refractivity contribution in [1.82, 2.24) is 14.4 Å². The van der Waals surface area contributed by atoms with Crippen LogP contribution in [0.4, 0.5) is 0 Å². The summed E-state index contributed by atoms with van der Waals surface area (Å²) in [6, 6.07) is 5.85. The van der Waals surface area contributed by atoms with Crippen molar-refractivity contribution in [3.05, 3.63) is 23.0 Å². The zero-order valence-corrected chi connectivity index (χ0v) is 15.2. The summed E-state index contributed by atoms with van der Waals surface area (Å²) in [6.45, 7) is 3.08. The Labute approximate surface area is 140 Å². The lowest BCUT2D eigenvalue weighted by molar-refractivity contribution is 0.211. The van der Waals surface area contributed by atoms with Gasteiger partial charge >= 0.3 is 0 Å². The van der Waals surface area contributed by atoms with Crippen LogP contribution in [0.1, 0.15) is 42.6 Å². The maximum absolute atomic E-state index is 9.19. The third-order valence-electron chi connectivity index (χ3n) is 6.49. The Hall–Kier alpha value is -1.31. The molecule has 2 aliphatic carbocycles. The fourth-order valence-electron chi connectivity index (χ4n) is 4.76. The molecule has 1 aromatic heterocycles. The molecule has 0 N–H and O–H groups in total. The van der Waals surface area contributed by atoms with Gasteiger partial charge in [-0.3, -0.25) is 4.90 Å². The average Bonchev–Trinajstić information content (AvgIpc) is 3.14. The molecule has 126 valence electrons. The second kappa shape index (κ2) is 6.30. The van der Waals surface area contributed by atoms with Crippen molar-refractivity contribution >= 4 is 0 Å². The molecule has 0 radical (unpaired) electrons. The Balaban J connectivity index is 1.61. The summed E-state index contributed by atoms with van der Waals surface area (Å²) in [5.41, 5.74) is 3.29. The van der Waals surface area contributed by atoms with Crippen LogP contribution in [0.15, 0.2) is 6.07 Å². The van der Waals surface area contributed by atoms with Crippen LogP contribution < -0.4 is 0 Å². The molecule has 0 bridgehead atoms. The third kappa shape index (κ3) is 3.05. The van der Waals surface area contributed by atoms with Gasteiger partial charge in [0.05, 0.1) is 0 Å². The molecule has 4 heteroatoms. The molecule has 2 saturated carbocycles. The van der Waals surface area contributed by atoms with Crippen molar-refractivity contribution in [3.8, 4) is 6.07 Å². The van der Waals surface area contributed by atoms with Gasteiger partial charge in [0.1, 0.15) is 11.8 Å². The molecule has 1 heterocycles. The number of aromatic nitrogens is 1. The van der Waals surface area contributed by atoms with Gasteiger partial charge in [-0.25, -0.2) is 0 Å². The van der Waals surface area contributed by atoms with Gasteiger partial charge in [-0.15, -0.1) is 0 Å². The summed E-state index contributed by atoms with van der Waals surface area (Å²) in [6.07, 6.45) is 5.46.